The molecule has 4 heteroatoms. The Bertz CT molecular complexity index is 682. The topological polar surface area (TPSA) is 66.4 Å². The minimum atomic E-state index is -0.939. The molecule has 0 saturated carbocycles. The highest BCUT2D eigenvalue weighted by Gasteiger charge is 2.23. The van der Waals surface area contributed by atoms with E-state index in [-0.39, 0.29) is 18.2 Å². The fraction of sp³-hybridized carbons (Fsp3) is 0.263. The molecule has 4 nitrogen and oxygen atoms in total. The second kappa shape index (κ2) is 7.58. The largest absolute Gasteiger partial charge is 0.481 e. The van der Waals surface area contributed by atoms with Crippen LogP contribution in [0.25, 0.3) is 0 Å². The van der Waals surface area contributed by atoms with Gasteiger partial charge >= 0.3 is 5.97 Å². The maximum atomic E-state index is 12.5. The van der Waals surface area contributed by atoms with Crippen molar-refractivity contribution in [3.63, 3.8) is 0 Å². The van der Waals surface area contributed by atoms with Crippen molar-refractivity contribution >= 4 is 11.9 Å². The van der Waals surface area contributed by atoms with E-state index in [0.717, 1.165) is 16.7 Å². The van der Waals surface area contributed by atoms with Crippen molar-refractivity contribution in [1.82, 2.24) is 5.32 Å². The molecule has 1 unspecified atom stereocenters. The molecule has 2 aromatic carbocycles. The van der Waals surface area contributed by atoms with Crippen LogP contribution in [0, 0.1) is 6.92 Å². The number of hydrogen-bond donors (Lipinski definition) is 2. The molecule has 0 saturated heterocycles. The number of aryl methyl sites for hydroxylation is 1. The molecule has 2 aromatic rings. The highest BCUT2D eigenvalue weighted by Crippen LogP contribution is 2.23. The summed E-state index contributed by atoms with van der Waals surface area (Å²) in [5.74, 6) is -1.45. The van der Waals surface area contributed by atoms with E-state index in [1.807, 2.05) is 68.4 Å². The molecule has 120 valence electrons. The molecule has 0 aromatic heterocycles. The molecular weight excluding hydrogens is 290 g/mol. The smallest absolute Gasteiger partial charge is 0.305 e. The lowest BCUT2D eigenvalue weighted by Crippen LogP contribution is -2.33. The van der Waals surface area contributed by atoms with Crippen LogP contribution in [-0.2, 0) is 9.59 Å². The Hall–Kier alpha value is -2.62. The predicted octanol–water partition coefficient (Wildman–Crippen LogP) is 3.43. The van der Waals surface area contributed by atoms with Gasteiger partial charge in [0, 0.05) is 0 Å². The highest BCUT2D eigenvalue weighted by atomic mass is 16.4. The summed E-state index contributed by atoms with van der Waals surface area (Å²) in [5.41, 5.74) is 2.71. The van der Waals surface area contributed by atoms with Gasteiger partial charge in [-0.15, -0.1) is 0 Å². The number of aliphatic carboxylic acids is 1. The maximum absolute atomic E-state index is 12.5. The normalized spacial score (nSPS) is 13.1. The van der Waals surface area contributed by atoms with E-state index < -0.39 is 12.0 Å². The molecule has 0 heterocycles. The van der Waals surface area contributed by atoms with Crippen molar-refractivity contribution in [2.45, 2.75) is 32.2 Å². The number of carbonyl (C=O) groups excluding carboxylic acids is 1. The number of hydrogen-bond acceptors (Lipinski definition) is 2. The van der Waals surface area contributed by atoms with Gasteiger partial charge in [0.2, 0.25) is 5.91 Å². The second-order valence-corrected chi connectivity index (χ2v) is 5.65. The fourth-order valence-corrected chi connectivity index (χ4v) is 2.58. The van der Waals surface area contributed by atoms with E-state index in [4.69, 9.17) is 5.11 Å². The van der Waals surface area contributed by atoms with Crippen molar-refractivity contribution < 1.29 is 14.7 Å². The zero-order valence-corrected chi connectivity index (χ0v) is 13.3. The molecule has 0 radical (unpaired) electrons. The van der Waals surface area contributed by atoms with Gasteiger partial charge in [-0.2, -0.15) is 0 Å². The number of carboxylic acids is 1. The zero-order chi connectivity index (χ0) is 16.8. The Labute approximate surface area is 136 Å². The van der Waals surface area contributed by atoms with Crippen LogP contribution in [0.2, 0.25) is 0 Å². The fourth-order valence-electron chi connectivity index (χ4n) is 2.58. The van der Waals surface area contributed by atoms with Gasteiger partial charge in [0.1, 0.15) is 0 Å². The monoisotopic (exact) mass is 311 g/mol. The summed E-state index contributed by atoms with van der Waals surface area (Å²) >= 11 is 0. The van der Waals surface area contributed by atoms with Gasteiger partial charge in [0.15, 0.2) is 0 Å². The lowest BCUT2D eigenvalue weighted by atomic mass is 9.96. The lowest BCUT2D eigenvalue weighted by molar-refractivity contribution is -0.137. The Morgan fingerprint density at radius 2 is 1.65 bits per heavy atom. The molecule has 0 bridgehead atoms. The zero-order valence-electron chi connectivity index (χ0n) is 13.3. The third kappa shape index (κ3) is 4.42. The first-order valence-electron chi connectivity index (χ1n) is 7.61. The lowest BCUT2D eigenvalue weighted by Gasteiger charge is -2.22. The van der Waals surface area contributed by atoms with Crippen LogP contribution < -0.4 is 5.32 Å². The molecule has 0 aliphatic heterocycles. The molecule has 0 aliphatic carbocycles. The number of nitrogens with one attached hydrogen (secondary N) is 1. The first kappa shape index (κ1) is 16.7. The van der Waals surface area contributed by atoms with Crippen molar-refractivity contribution in [2.75, 3.05) is 0 Å². The molecule has 0 spiro atoms. The quantitative estimate of drug-likeness (QED) is 0.859. The molecule has 23 heavy (non-hydrogen) atoms. The van der Waals surface area contributed by atoms with E-state index >= 15 is 0 Å². The minimum absolute atomic E-state index is 0.141. The van der Waals surface area contributed by atoms with Crippen LogP contribution in [0.3, 0.4) is 0 Å². The number of carboxylic acid groups (broad SMARTS) is 1. The average Bonchev–Trinajstić information content (AvgIpc) is 2.54. The van der Waals surface area contributed by atoms with E-state index in [1.165, 1.54) is 0 Å². The Balaban J connectivity index is 2.19. The number of rotatable bonds is 6. The number of benzene rings is 2. The average molecular weight is 311 g/mol. The van der Waals surface area contributed by atoms with Gasteiger partial charge in [-0.05, 0) is 30.5 Å². The molecule has 2 N–H and O–H groups in total. The standard InChI is InChI=1S/C19H21NO3/c1-13-8-6-7-11-16(13)17(12-18(21)22)20-19(23)14(2)15-9-4-3-5-10-15/h3-11,14,17H,12H2,1-2H3,(H,20,23)(H,21,22)/t14-,17?/m0/s1. The van der Waals surface area contributed by atoms with Crippen LogP contribution in [0.1, 0.15) is 42.0 Å². The third-order valence-corrected chi connectivity index (χ3v) is 3.95. The molecule has 1 amide bonds. The summed E-state index contributed by atoms with van der Waals surface area (Å²) in [6, 6.07) is 16.4. The van der Waals surface area contributed by atoms with Gasteiger partial charge in [-0.3, -0.25) is 9.59 Å². The van der Waals surface area contributed by atoms with Crippen molar-refractivity contribution in [3.05, 3.63) is 71.3 Å². The molecule has 2 rings (SSSR count). The Morgan fingerprint density at radius 3 is 2.26 bits per heavy atom. The van der Waals surface area contributed by atoms with Gasteiger partial charge in [0.05, 0.1) is 18.4 Å². The summed E-state index contributed by atoms with van der Waals surface area (Å²) in [6.07, 6.45) is -0.141. The number of amides is 1. The highest BCUT2D eigenvalue weighted by molar-refractivity contribution is 5.84. The van der Waals surface area contributed by atoms with Crippen LogP contribution in [0.5, 0.6) is 0 Å². The van der Waals surface area contributed by atoms with Crippen LogP contribution in [-0.4, -0.2) is 17.0 Å². The summed E-state index contributed by atoms with van der Waals surface area (Å²) in [7, 11) is 0. The first-order valence-corrected chi connectivity index (χ1v) is 7.61. The maximum Gasteiger partial charge on any atom is 0.305 e. The van der Waals surface area contributed by atoms with Crippen LogP contribution in [0.4, 0.5) is 0 Å². The predicted molar refractivity (Wildman–Crippen MR) is 89.2 cm³/mol. The summed E-state index contributed by atoms with van der Waals surface area (Å²) in [4.78, 5) is 23.7. The molecule has 0 aliphatic rings. The first-order chi connectivity index (χ1) is 11.0. The Morgan fingerprint density at radius 1 is 1.04 bits per heavy atom. The number of carbonyl (C=O) groups is 2. The van der Waals surface area contributed by atoms with E-state index in [0.29, 0.717) is 0 Å². The van der Waals surface area contributed by atoms with E-state index in [9.17, 15) is 9.59 Å². The summed E-state index contributed by atoms with van der Waals surface area (Å²) in [5, 5.41) is 12.0. The molecular formula is C19H21NO3. The Kier molecular flexibility index (Phi) is 5.52. The second-order valence-electron chi connectivity index (χ2n) is 5.65. The van der Waals surface area contributed by atoms with Gasteiger partial charge < -0.3 is 10.4 Å². The van der Waals surface area contributed by atoms with Crippen LogP contribution >= 0.6 is 0 Å². The van der Waals surface area contributed by atoms with Crippen molar-refractivity contribution in [1.29, 1.82) is 0 Å². The molecule has 0 fully saturated rings. The van der Waals surface area contributed by atoms with Crippen LogP contribution in [0.15, 0.2) is 54.6 Å². The van der Waals surface area contributed by atoms with E-state index in [1.54, 1.807) is 0 Å². The van der Waals surface area contributed by atoms with Gasteiger partial charge in [-0.25, -0.2) is 0 Å². The molecule has 2 atom stereocenters. The third-order valence-electron chi connectivity index (χ3n) is 3.95. The minimum Gasteiger partial charge on any atom is -0.481 e. The van der Waals surface area contributed by atoms with Crippen molar-refractivity contribution in [2.24, 2.45) is 0 Å². The van der Waals surface area contributed by atoms with Gasteiger partial charge in [0.25, 0.3) is 0 Å². The van der Waals surface area contributed by atoms with E-state index in [2.05, 4.69) is 5.32 Å². The SMILES string of the molecule is Cc1ccccc1C(CC(=O)O)NC(=O)[C@@H](C)c1ccccc1. The van der Waals surface area contributed by atoms with Gasteiger partial charge in [-0.1, -0.05) is 54.6 Å². The summed E-state index contributed by atoms with van der Waals surface area (Å²) < 4.78 is 0. The summed E-state index contributed by atoms with van der Waals surface area (Å²) in [6.45, 7) is 3.73. The van der Waals surface area contributed by atoms with Crippen molar-refractivity contribution in [3.8, 4) is 0 Å².